The van der Waals surface area contributed by atoms with Crippen LogP contribution in [0.4, 0.5) is 5.82 Å². The van der Waals surface area contributed by atoms with Gasteiger partial charge in [0.2, 0.25) is 0 Å². The second-order valence-electron chi connectivity index (χ2n) is 7.53. The van der Waals surface area contributed by atoms with E-state index in [0.717, 1.165) is 22.3 Å². The number of anilines is 1. The van der Waals surface area contributed by atoms with Gasteiger partial charge in [0.05, 0.1) is 41.5 Å². The van der Waals surface area contributed by atoms with Crippen molar-refractivity contribution in [3.05, 3.63) is 33.9 Å². The van der Waals surface area contributed by atoms with Gasteiger partial charge in [0.1, 0.15) is 11.3 Å². The summed E-state index contributed by atoms with van der Waals surface area (Å²) in [4.78, 5) is 16.3. The van der Waals surface area contributed by atoms with Crippen LogP contribution in [0.3, 0.4) is 0 Å². The number of rotatable bonds is 5. The number of benzene rings is 1. The predicted molar refractivity (Wildman–Crippen MR) is 123 cm³/mol. The summed E-state index contributed by atoms with van der Waals surface area (Å²) in [5, 5.41) is 2.54. The summed E-state index contributed by atoms with van der Waals surface area (Å²) in [5.41, 5.74) is 2.74. The van der Waals surface area contributed by atoms with Crippen molar-refractivity contribution in [3.8, 4) is 17.0 Å². The molecule has 9 heteroatoms. The maximum Gasteiger partial charge on any atom is 0.187 e. The zero-order chi connectivity index (χ0) is 21.6. The first kappa shape index (κ1) is 21.4. The molecule has 4 rings (SSSR count). The smallest absolute Gasteiger partial charge is 0.187 e. The van der Waals surface area contributed by atoms with Crippen molar-refractivity contribution in [3.63, 3.8) is 0 Å². The number of methoxy groups -OCH3 is 2. The normalized spacial score (nSPS) is 15.4. The number of aryl methyl sites for hydroxylation is 1. The van der Waals surface area contributed by atoms with E-state index in [0.29, 0.717) is 45.3 Å². The van der Waals surface area contributed by atoms with E-state index < -0.39 is 0 Å². The van der Waals surface area contributed by atoms with Crippen molar-refractivity contribution >= 4 is 51.7 Å². The van der Waals surface area contributed by atoms with E-state index in [2.05, 4.69) is 16.8 Å². The lowest BCUT2D eigenvalue weighted by Crippen LogP contribution is -2.61. The lowest BCUT2D eigenvalue weighted by atomic mass is 9.96. The van der Waals surface area contributed by atoms with Gasteiger partial charge in [-0.05, 0) is 37.8 Å². The molecular formula is C21H22Cl2N4O2S. The molecule has 0 radical (unpaired) electrons. The molecule has 0 atom stereocenters. The molecule has 3 heterocycles. The molecule has 1 fully saturated rings. The fourth-order valence-corrected chi connectivity index (χ4v) is 4.56. The monoisotopic (exact) mass is 464 g/mol. The van der Waals surface area contributed by atoms with E-state index in [1.807, 2.05) is 31.5 Å². The Morgan fingerprint density at radius 1 is 1.13 bits per heavy atom. The molecule has 3 aromatic rings. The molecule has 0 unspecified atom stereocenters. The lowest BCUT2D eigenvalue weighted by molar-refractivity contribution is -0.0170. The van der Waals surface area contributed by atoms with Crippen molar-refractivity contribution < 1.29 is 9.47 Å². The average Bonchev–Trinajstić information content (AvgIpc) is 2.73. The molecule has 1 aromatic carbocycles. The van der Waals surface area contributed by atoms with Gasteiger partial charge in [-0.15, -0.1) is 0 Å². The number of ether oxygens (including phenoxy) is 2. The van der Waals surface area contributed by atoms with Gasteiger partial charge in [-0.3, -0.25) is 0 Å². The Kier molecular flexibility index (Phi) is 5.74. The second kappa shape index (κ2) is 8.04. The maximum atomic E-state index is 6.66. The fourth-order valence-electron chi connectivity index (χ4n) is 3.61. The molecule has 0 saturated carbocycles. The first-order valence-electron chi connectivity index (χ1n) is 9.35. The van der Waals surface area contributed by atoms with E-state index in [9.17, 15) is 0 Å². The number of hydrogen-bond acceptors (Lipinski definition) is 7. The Morgan fingerprint density at radius 3 is 2.50 bits per heavy atom. The van der Waals surface area contributed by atoms with Crippen LogP contribution in [-0.2, 0) is 4.74 Å². The van der Waals surface area contributed by atoms with Crippen LogP contribution in [0.15, 0.2) is 23.5 Å². The number of fused-ring (bicyclic) bond motifs is 1. The maximum absolute atomic E-state index is 6.66. The third kappa shape index (κ3) is 3.58. The Hall–Kier alpha value is -1.80. The molecule has 0 aliphatic carbocycles. The van der Waals surface area contributed by atoms with Gasteiger partial charge in [0, 0.05) is 24.3 Å². The standard InChI is InChI=1S/C21H22Cl2N4O2S/c1-11-6-14(28-3)17(23)15(16(11)22)13-7-12-8-24-20(30-5)26-18(12)19(25-13)27-9-21(2,10-27)29-4/h6-8H,9-10H2,1-5H3. The molecular weight excluding hydrogens is 443 g/mol. The minimum Gasteiger partial charge on any atom is -0.495 e. The highest BCUT2D eigenvalue weighted by Gasteiger charge is 2.40. The number of hydrogen-bond donors (Lipinski definition) is 0. The third-order valence-electron chi connectivity index (χ3n) is 5.38. The van der Waals surface area contributed by atoms with Gasteiger partial charge in [-0.2, -0.15) is 0 Å². The molecule has 158 valence electrons. The molecule has 1 saturated heterocycles. The van der Waals surface area contributed by atoms with E-state index >= 15 is 0 Å². The summed E-state index contributed by atoms with van der Waals surface area (Å²) in [5.74, 6) is 1.32. The van der Waals surface area contributed by atoms with Crippen molar-refractivity contribution in [2.45, 2.75) is 24.6 Å². The summed E-state index contributed by atoms with van der Waals surface area (Å²) < 4.78 is 11.1. The van der Waals surface area contributed by atoms with Gasteiger partial charge < -0.3 is 14.4 Å². The number of pyridine rings is 1. The Bertz CT molecular complexity index is 1140. The van der Waals surface area contributed by atoms with Crippen molar-refractivity contribution in [2.24, 2.45) is 0 Å². The minimum absolute atomic E-state index is 0.207. The van der Waals surface area contributed by atoms with E-state index in [1.165, 1.54) is 11.8 Å². The zero-order valence-corrected chi connectivity index (χ0v) is 19.7. The van der Waals surface area contributed by atoms with Crippen LogP contribution in [0.25, 0.3) is 22.2 Å². The number of thioether (sulfide) groups is 1. The summed E-state index contributed by atoms with van der Waals surface area (Å²) >= 11 is 14.8. The second-order valence-corrected chi connectivity index (χ2v) is 9.06. The molecule has 6 nitrogen and oxygen atoms in total. The lowest BCUT2D eigenvalue weighted by Gasteiger charge is -2.47. The van der Waals surface area contributed by atoms with E-state index in [4.69, 9.17) is 42.6 Å². The molecule has 2 aromatic heterocycles. The zero-order valence-electron chi connectivity index (χ0n) is 17.4. The minimum atomic E-state index is -0.207. The van der Waals surface area contributed by atoms with Gasteiger partial charge in [0.25, 0.3) is 0 Å². The van der Waals surface area contributed by atoms with Crippen molar-refractivity contribution in [1.82, 2.24) is 15.0 Å². The molecule has 0 amide bonds. The first-order valence-corrected chi connectivity index (χ1v) is 11.3. The summed E-state index contributed by atoms with van der Waals surface area (Å²) in [6.45, 7) is 5.43. The Balaban J connectivity index is 1.94. The topological polar surface area (TPSA) is 60.4 Å². The van der Waals surface area contributed by atoms with E-state index in [1.54, 1.807) is 14.2 Å². The number of halogens is 2. The van der Waals surface area contributed by atoms with Gasteiger partial charge in [-0.1, -0.05) is 35.0 Å². The quantitative estimate of drug-likeness (QED) is 0.376. The highest BCUT2D eigenvalue weighted by Crippen LogP contribution is 2.44. The van der Waals surface area contributed by atoms with Gasteiger partial charge in [0.15, 0.2) is 11.0 Å². The fraction of sp³-hybridized carbons (Fsp3) is 0.381. The molecule has 30 heavy (non-hydrogen) atoms. The molecule has 1 aliphatic rings. The van der Waals surface area contributed by atoms with Gasteiger partial charge in [-0.25, -0.2) is 15.0 Å². The largest absolute Gasteiger partial charge is 0.495 e. The summed E-state index contributed by atoms with van der Waals surface area (Å²) in [6.07, 6.45) is 3.76. The predicted octanol–water partition coefficient (Wildman–Crippen LogP) is 5.26. The van der Waals surface area contributed by atoms with Crippen molar-refractivity contribution in [2.75, 3.05) is 38.5 Å². The molecule has 0 N–H and O–H groups in total. The van der Waals surface area contributed by atoms with Crippen LogP contribution in [0, 0.1) is 6.92 Å². The molecule has 0 bridgehead atoms. The van der Waals surface area contributed by atoms with Crippen LogP contribution in [-0.4, -0.2) is 54.1 Å². The van der Waals surface area contributed by atoms with Gasteiger partial charge >= 0.3 is 0 Å². The average molecular weight is 465 g/mol. The summed E-state index contributed by atoms with van der Waals surface area (Å²) in [6, 6.07) is 3.74. The van der Waals surface area contributed by atoms with Crippen LogP contribution >= 0.6 is 35.0 Å². The van der Waals surface area contributed by atoms with Crippen LogP contribution in [0.1, 0.15) is 12.5 Å². The number of nitrogens with zero attached hydrogens (tertiary/aromatic N) is 4. The first-order chi connectivity index (χ1) is 14.3. The van der Waals surface area contributed by atoms with Crippen LogP contribution < -0.4 is 9.64 Å². The highest BCUT2D eigenvalue weighted by molar-refractivity contribution is 7.98. The van der Waals surface area contributed by atoms with Crippen molar-refractivity contribution in [1.29, 1.82) is 0 Å². The summed E-state index contributed by atoms with van der Waals surface area (Å²) in [7, 11) is 3.31. The van der Waals surface area contributed by atoms with Crippen LogP contribution in [0.5, 0.6) is 5.75 Å². The highest BCUT2D eigenvalue weighted by atomic mass is 35.5. The van der Waals surface area contributed by atoms with Crippen LogP contribution in [0.2, 0.25) is 10.0 Å². The Labute approximate surface area is 189 Å². The SMILES string of the molecule is COc1cc(C)c(Cl)c(-c2cc3cnc(SC)nc3c(N3CC(C)(OC)C3)n2)c1Cl. The third-order valence-corrected chi connectivity index (χ3v) is 6.80. The Morgan fingerprint density at radius 2 is 1.87 bits per heavy atom. The number of aromatic nitrogens is 3. The van der Waals surface area contributed by atoms with E-state index in [-0.39, 0.29) is 5.60 Å². The molecule has 1 aliphatic heterocycles. The molecule has 0 spiro atoms.